The van der Waals surface area contributed by atoms with E-state index in [1.807, 2.05) is 24.3 Å². The monoisotopic (exact) mass is 347 g/mol. The fraction of sp³-hybridized carbons (Fsp3) is 0.222. The van der Waals surface area contributed by atoms with E-state index in [-0.39, 0.29) is 12.5 Å². The van der Waals surface area contributed by atoms with E-state index in [0.29, 0.717) is 35.1 Å². The van der Waals surface area contributed by atoms with E-state index in [9.17, 15) is 9.59 Å². The fourth-order valence-corrected chi connectivity index (χ4v) is 2.19. The number of amides is 1. The van der Waals surface area contributed by atoms with Gasteiger partial charge in [-0.25, -0.2) is 0 Å². The van der Waals surface area contributed by atoms with Crippen LogP contribution in [0.25, 0.3) is 0 Å². The van der Waals surface area contributed by atoms with Gasteiger partial charge in [-0.05, 0) is 42.3 Å². The maximum absolute atomic E-state index is 11.8. The van der Waals surface area contributed by atoms with Crippen LogP contribution in [0.3, 0.4) is 0 Å². The van der Waals surface area contributed by atoms with E-state index < -0.39 is 0 Å². The van der Waals surface area contributed by atoms with Crippen molar-refractivity contribution in [1.29, 1.82) is 0 Å². The minimum atomic E-state index is -0.231. The normalized spacial score (nSPS) is 10.1. The summed E-state index contributed by atoms with van der Waals surface area (Å²) in [7, 11) is 1.48. The van der Waals surface area contributed by atoms with Crippen LogP contribution in [-0.2, 0) is 11.2 Å². The molecular weight excluding hydrogens is 330 g/mol. The van der Waals surface area contributed by atoms with Gasteiger partial charge in [0.25, 0.3) is 5.91 Å². The molecule has 2 aromatic rings. The van der Waals surface area contributed by atoms with Gasteiger partial charge in [-0.1, -0.05) is 23.7 Å². The average Bonchev–Trinajstić information content (AvgIpc) is 2.61. The number of aldehydes is 1. The predicted molar refractivity (Wildman–Crippen MR) is 92.0 cm³/mol. The quantitative estimate of drug-likeness (QED) is 0.746. The summed E-state index contributed by atoms with van der Waals surface area (Å²) in [4.78, 5) is 22.6. The van der Waals surface area contributed by atoms with Crippen LogP contribution in [-0.4, -0.2) is 32.5 Å². The second kappa shape index (κ2) is 8.93. The van der Waals surface area contributed by atoms with Gasteiger partial charge >= 0.3 is 0 Å². The molecule has 0 bridgehead atoms. The molecule has 0 aliphatic rings. The zero-order chi connectivity index (χ0) is 17.4. The average molecular weight is 348 g/mol. The van der Waals surface area contributed by atoms with Crippen molar-refractivity contribution in [2.24, 2.45) is 0 Å². The number of hydrogen-bond donors (Lipinski definition) is 1. The molecule has 24 heavy (non-hydrogen) atoms. The molecule has 0 unspecified atom stereocenters. The topological polar surface area (TPSA) is 64.6 Å². The molecule has 0 spiro atoms. The van der Waals surface area contributed by atoms with Crippen molar-refractivity contribution in [2.45, 2.75) is 6.42 Å². The van der Waals surface area contributed by atoms with Gasteiger partial charge in [-0.3, -0.25) is 9.59 Å². The van der Waals surface area contributed by atoms with E-state index in [1.165, 1.54) is 7.11 Å². The van der Waals surface area contributed by atoms with Crippen molar-refractivity contribution in [3.05, 3.63) is 58.6 Å². The van der Waals surface area contributed by atoms with Crippen molar-refractivity contribution >= 4 is 23.8 Å². The van der Waals surface area contributed by atoms with Crippen LogP contribution < -0.4 is 14.8 Å². The molecule has 0 saturated heterocycles. The Balaban J connectivity index is 1.78. The highest BCUT2D eigenvalue weighted by molar-refractivity contribution is 6.30. The van der Waals surface area contributed by atoms with E-state index in [1.54, 1.807) is 18.2 Å². The summed E-state index contributed by atoms with van der Waals surface area (Å²) >= 11 is 5.82. The van der Waals surface area contributed by atoms with E-state index in [2.05, 4.69) is 5.32 Å². The highest BCUT2D eigenvalue weighted by Gasteiger charge is 2.08. The van der Waals surface area contributed by atoms with Gasteiger partial charge in [0, 0.05) is 17.1 Å². The van der Waals surface area contributed by atoms with Crippen molar-refractivity contribution in [1.82, 2.24) is 5.32 Å². The third-order valence-electron chi connectivity index (χ3n) is 3.33. The minimum absolute atomic E-state index is 0.128. The smallest absolute Gasteiger partial charge is 0.257 e. The van der Waals surface area contributed by atoms with Crippen molar-refractivity contribution < 1.29 is 19.1 Å². The Kier molecular flexibility index (Phi) is 6.63. The number of rotatable bonds is 8. The van der Waals surface area contributed by atoms with Crippen molar-refractivity contribution in [2.75, 3.05) is 20.3 Å². The molecular formula is C18H18ClNO4. The SMILES string of the molecule is COc1cc(C=O)ccc1OCC(=O)NCCc1ccc(Cl)cc1. The molecule has 2 rings (SSSR count). The first-order valence-corrected chi connectivity index (χ1v) is 7.77. The van der Waals surface area contributed by atoms with E-state index in [0.717, 1.165) is 11.8 Å². The summed E-state index contributed by atoms with van der Waals surface area (Å²) in [5, 5.41) is 3.47. The molecule has 6 heteroatoms. The van der Waals surface area contributed by atoms with Crippen LogP contribution in [0.15, 0.2) is 42.5 Å². The Morgan fingerprint density at radius 3 is 2.58 bits per heavy atom. The number of carbonyl (C=O) groups excluding carboxylic acids is 2. The Hall–Kier alpha value is -2.53. The van der Waals surface area contributed by atoms with Crippen LogP contribution in [0, 0.1) is 0 Å². The van der Waals surface area contributed by atoms with Gasteiger partial charge in [-0.15, -0.1) is 0 Å². The lowest BCUT2D eigenvalue weighted by molar-refractivity contribution is -0.123. The largest absolute Gasteiger partial charge is 0.493 e. The molecule has 5 nitrogen and oxygen atoms in total. The van der Waals surface area contributed by atoms with Gasteiger partial charge in [0.05, 0.1) is 7.11 Å². The first kappa shape index (κ1) is 17.8. The van der Waals surface area contributed by atoms with Crippen LogP contribution >= 0.6 is 11.6 Å². The van der Waals surface area contributed by atoms with E-state index in [4.69, 9.17) is 21.1 Å². The van der Waals surface area contributed by atoms with Gasteiger partial charge in [0.15, 0.2) is 18.1 Å². The van der Waals surface area contributed by atoms with Crippen LogP contribution in [0.2, 0.25) is 5.02 Å². The fourth-order valence-electron chi connectivity index (χ4n) is 2.07. The Bertz CT molecular complexity index is 701. The molecule has 1 amide bonds. The van der Waals surface area contributed by atoms with E-state index >= 15 is 0 Å². The summed E-state index contributed by atoms with van der Waals surface area (Å²) < 4.78 is 10.6. The number of benzene rings is 2. The summed E-state index contributed by atoms with van der Waals surface area (Å²) in [6.07, 6.45) is 1.43. The molecule has 0 atom stereocenters. The molecule has 1 N–H and O–H groups in total. The molecule has 0 fully saturated rings. The Labute approximate surface area is 145 Å². The maximum Gasteiger partial charge on any atom is 0.257 e. The zero-order valence-corrected chi connectivity index (χ0v) is 14.0. The lowest BCUT2D eigenvalue weighted by Gasteiger charge is -2.11. The summed E-state index contributed by atoms with van der Waals surface area (Å²) in [6.45, 7) is 0.377. The first-order valence-electron chi connectivity index (χ1n) is 7.39. The predicted octanol–water partition coefficient (Wildman–Crippen LogP) is 2.90. The summed E-state index contributed by atoms with van der Waals surface area (Å²) in [6, 6.07) is 12.2. The second-order valence-corrected chi connectivity index (χ2v) is 5.48. The molecule has 0 aromatic heterocycles. The summed E-state index contributed by atoms with van der Waals surface area (Å²) in [5.41, 5.74) is 1.57. The Morgan fingerprint density at radius 2 is 1.92 bits per heavy atom. The van der Waals surface area contributed by atoms with Gasteiger partial charge in [-0.2, -0.15) is 0 Å². The third kappa shape index (κ3) is 5.28. The molecule has 126 valence electrons. The van der Waals surface area contributed by atoms with Gasteiger partial charge in [0.2, 0.25) is 0 Å². The van der Waals surface area contributed by atoms with Gasteiger partial charge < -0.3 is 14.8 Å². The number of hydrogen-bond acceptors (Lipinski definition) is 4. The van der Waals surface area contributed by atoms with Crippen LogP contribution in [0.1, 0.15) is 15.9 Å². The number of ether oxygens (including phenoxy) is 2. The van der Waals surface area contributed by atoms with Crippen molar-refractivity contribution in [3.63, 3.8) is 0 Å². The number of carbonyl (C=O) groups is 2. The Morgan fingerprint density at radius 1 is 1.17 bits per heavy atom. The van der Waals surface area contributed by atoms with Crippen LogP contribution in [0.5, 0.6) is 11.5 Å². The number of halogens is 1. The molecule has 0 heterocycles. The number of nitrogens with one attached hydrogen (secondary N) is 1. The highest BCUT2D eigenvalue weighted by Crippen LogP contribution is 2.27. The second-order valence-electron chi connectivity index (χ2n) is 5.04. The minimum Gasteiger partial charge on any atom is -0.493 e. The molecule has 0 radical (unpaired) electrons. The number of methoxy groups -OCH3 is 1. The third-order valence-corrected chi connectivity index (χ3v) is 3.58. The van der Waals surface area contributed by atoms with Crippen LogP contribution in [0.4, 0.5) is 0 Å². The van der Waals surface area contributed by atoms with Crippen molar-refractivity contribution in [3.8, 4) is 11.5 Å². The zero-order valence-electron chi connectivity index (χ0n) is 13.3. The molecule has 0 aliphatic heterocycles. The lowest BCUT2D eigenvalue weighted by atomic mass is 10.1. The lowest BCUT2D eigenvalue weighted by Crippen LogP contribution is -2.30. The summed E-state index contributed by atoms with van der Waals surface area (Å²) in [5.74, 6) is 0.593. The standard InChI is InChI=1S/C18H18ClNO4/c1-23-17-10-14(11-21)4-7-16(17)24-12-18(22)20-9-8-13-2-5-15(19)6-3-13/h2-7,10-11H,8-9,12H2,1H3,(H,20,22). The molecule has 2 aromatic carbocycles. The molecule has 0 aliphatic carbocycles. The molecule has 0 saturated carbocycles. The first-order chi connectivity index (χ1) is 11.6. The van der Waals surface area contributed by atoms with Gasteiger partial charge in [0.1, 0.15) is 6.29 Å². The highest BCUT2D eigenvalue weighted by atomic mass is 35.5. The maximum atomic E-state index is 11.8.